The van der Waals surface area contributed by atoms with Gasteiger partial charge in [0.25, 0.3) is 0 Å². The molecule has 0 aliphatic rings. The van der Waals surface area contributed by atoms with Gasteiger partial charge in [-0.1, -0.05) is 0 Å². The summed E-state index contributed by atoms with van der Waals surface area (Å²) in [6.07, 6.45) is 1.40. The van der Waals surface area contributed by atoms with E-state index in [1.807, 2.05) is 0 Å². The van der Waals surface area contributed by atoms with Crippen LogP contribution in [0.15, 0.2) is 12.3 Å². The van der Waals surface area contributed by atoms with Crippen molar-refractivity contribution in [3.63, 3.8) is 0 Å². The molecule has 0 saturated heterocycles. The number of anilines is 1. The zero-order valence-corrected chi connectivity index (χ0v) is 9.67. The molecule has 1 rings (SSSR count). The summed E-state index contributed by atoms with van der Waals surface area (Å²) in [7, 11) is 1.24. The molecule has 7 heteroatoms. The highest BCUT2D eigenvalue weighted by Crippen LogP contribution is 2.07. The van der Waals surface area contributed by atoms with Crippen molar-refractivity contribution in [2.75, 3.05) is 25.6 Å². The molecule has 1 atom stereocenters. The van der Waals surface area contributed by atoms with Crippen molar-refractivity contribution in [2.45, 2.75) is 12.5 Å². The smallest absolute Gasteiger partial charge is 0.376 e. The Bertz CT molecular complexity index is 395. The van der Waals surface area contributed by atoms with Gasteiger partial charge in [-0.15, -0.1) is 0 Å². The molecule has 0 fully saturated rings. The number of rotatable bonds is 5. The average Bonchev–Trinajstić information content (AvgIpc) is 2.36. The van der Waals surface area contributed by atoms with Gasteiger partial charge in [0.2, 0.25) is 5.82 Å². The maximum absolute atomic E-state index is 11.2. The van der Waals surface area contributed by atoms with E-state index in [2.05, 4.69) is 20.0 Å². The average molecular weight is 241 g/mol. The van der Waals surface area contributed by atoms with Gasteiger partial charge in [0.1, 0.15) is 11.4 Å². The molecule has 7 nitrogen and oxygen atoms in total. The topological polar surface area (TPSA) is 105 Å². The Labute approximate surface area is 98.5 Å². The van der Waals surface area contributed by atoms with Crippen LogP contribution in [0.2, 0.25) is 0 Å². The third kappa shape index (κ3) is 3.97. The second kappa shape index (κ2) is 5.55. The number of aromatic nitrogens is 2. The fourth-order valence-electron chi connectivity index (χ4n) is 0.984. The van der Waals surface area contributed by atoms with Gasteiger partial charge in [-0.05, 0) is 13.0 Å². The molecular formula is C10H15N3O4. The van der Waals surface area contributed by atoms with Gasteiger partial charge in [-0.2, -0.15) is 0 Å². The Morgan fingerprint density at radius 3 is 2.94 bits per heavy atom. The van der Waals surface area contributed by atoms with Crippen LogP contribution in [0.4, 0.5) is 5.82 Å². The lowest BCUT2D eigenvalue weighted by atomic mass is 10.1. The molecule has 3 N–H and O–H groups in total. The van der Waals surface area contributed by atoms with Gasteiger partial charge in [0.05, 0.1) is 13.7 Å². The highest BCUT2D eigenvalue weighted by molar-refractivity contribution is 5.85. The van der Waals surface area contributed by atoms with E-state index in [0.717, 1.165) is 0 Å². The van der Waals surface area contributed by atoms with Crippen molar-refractivity contribution in [2.24, 2.45) is 0 Å². The summed E-state index contributed by atoms with van der Waals surface area (Å²) in [5, 5.41) is 21.2. The first kappa shape index (κ1) is 13.3. The van der Waals surface area contributed by atoms with Crippen molar-refractivity contribution in [1.29, 1.82) is 0 Å². The second-order valence-corrected chi connectivity index (χ2v) is 3.77. The van der Waals surface area contributed by atoms with Crippen LogP contribution in [0, 0.1) is 0 Å². The van der Waals surface area contributed by atoms with Crippen LogP contribution < -0.4 is 5.32 Å². The maximum Gasteiger partial charge on any atom is 0.376 e. The number of ether oxygens (including phenoxy) is 1. The van der Waals surface area contributed by atoms with Gasteiger partial charge in [0.15, 0.2) is 0 Å². The summed E-state index contributed by atoms with van der Waals surface area (Å²) >= 11 is 0. The standard InChI is InChI=1S/C10H15N3O4/c1-10(16,6-14)5-12-7-3-4-11-8(13-7)9(15)17-2/h3-4,14,16H,5-6H2,1-2H3,(H,11,12,13). The lowest BCUT2D eigenvalue weighted by Crippen LogP contribution is -2.37. The zero-order valence-electron chi connectivity index (χ0n) is 9.67. The number of esters is 1. The number of carbonyl (C=O) groups excluding carboxylic acids is 1. The van der Waals surface area contributed by atoms with Crippen LogP contribution in [0.5, 0.6) is 0 Å². The number of carbonyl (C=O) groups is 1. The molecule has 0 aromatic carbocycles. The molecule has 17 heavy (non-hydrogen) atoms. The molecule has 0 bridgehead atoms. The quantitative estimate of drug-likeness (QED) is 0.592. The van der Waals surface area contributed by atoms with E-state index in [0.29, 0.717) is 5.82 Å². The molecule has 0 aliphatic heterocycles. The van der Waals surface area contributed by atoms with Crippen molar-refractivity contribution >= 4 is 11.8 Å². The lowest BCUT2D eigenvalue weighted by molar-refractivity contribution is 0.0131. The molecule has 0 aliphatic carbocycles. The number of aliphatic hydroxyl groups excluding tert-OH is 1. The number of hydrogen-bond donors (Lipinski definition) is 3. The van der Waals surface area contributed by atoms with Crippen LogP contribution in [0.3, 0.4) is 0 Å². The Balaban J connectivity index is 2.70. The summed E-state index contributed by atoms with van der Waals surface area (Å²) in [5.74, 6) is -0.335. The molecule has 0 amide bonds. The van der Waals surface area contributed by atoms with E-state index in [1.54, 1.807) is 6.07 Å². The van der Waals surface area contributed by atoms with Crippen LogP contribution >= 0.6 is 0 Å². The van der Waals surface area contributed by atoms with E-state index < -0.39 is 11.6 Å². The molecule has 0 radical (unpaired) electrons. The third-order valence-corrected chi connectivity index (χ3v) is 2.01. The summed E-state index contributed by atoms with van der Waals surface area (Å²) in [5.41, 5.74) is -1.25. The fourth-order valence-corrected chi connectivity index (χ4v) is 0.984. The minimum atomic E-state index is -1.25. The first-order valence-electron chi connectivity index (χ1n) is 4.97. The first-order chi connectivity index (χ1) is 7.98. The molecule has 1 aromatic rings. The van der Waals surface area contributed by atoms with Gasteiger partial charge >= 0.3 is 5.97 Å². The molecule has 0 spiro atoms. The van der Waals surface area contributed by atoms with Crippen LogP contribution in [-0.2, 0) is 4.74 Å². The number of methoxy groups -OCH3 is 1. The Morgan fingerprint density at radius 1 is 1.65 bits per heavy atom. The fraction of sp³-hybridized carbons (Fsp3) is 0.500. The Morgan fingerprint density at radius 2 is 2.35 bits per heavy atom. The van der Waals surface area contributed by atoms with Gasteiger partial charge in [-0.3, -0.25) is 0 Å². The number of nitrogens with zero attached hydrogens (tertiary/aromatic N) is 2. The van der Waals surface area contributed by atoms with E-state index in [4.69, 9.17) is 5.11 Å². The van der Waals surface area contributed by atoms with E-state index in [1.165, 1.54) is 20.2 Å². The first-order valence-corrected chi connectivity index (χ1v) is 4.97. The normalized spacial score (nSPS) is 13.9. The summed E-state index contributed by atoms with van der Waals surface area (Å²) in [6.45, 7) is 1.19. The molecular weight excluding hydrogens is 226 g/mol. The predicted octanol–water partition coefficient (Wildman–Crippen LogP) is -0.582. The third-order valence-electron chi connectivity index (χ3n) is 2.01. The number of aliphatic hydroxyl groups is 2. The monoisotopic (exact) mass is 241 g/mol. The molecule has 1 unspecified atom stereocenters. The lowest BCUT2D eigenvalue weighted by Gasteiger charge is -2.20. The molecule has 1 heterocycles. The zero-order chi connectivity index (χ0) is 12.9. The molecule has 0 saturated carbocycles. The SMILES string of the molecule is COC(=O)c1nccc(NCC(C)(O)CO)n1. The van der Waals surface area contributed by atoms with Gasteiger partial charge in [0, 0.05) is 12.7 Å². The summed E-state index contributed by atoms with van der Waals surface area (Å²) < 4.78 is 4.48. The van der Waals surface area contributed by atoms with Crippen molar-refractivity contribution in [3.05, 3.63) is 18.1 Å². The number of hydrogen-bond acceptors (Lipinski definition) is 7. The van der Waals surface area contributed by atoms with Crippen molar-refractivity contribution in [1.82, 2.24) is 9.97 Å². The van der Waals surface area contributed by atoms with Gasteiger partial charge < -0.3 is 20.3 Å². The summed E-state index contributed by atoms with van der Waals surface area (Å²) in [4.78, 5) is 18.8. The van der Waals surface area contributed by atoms with Crippen molar-refractivity contribution in [3.8, 4) is 0 Å². The highest BCUT2D eigenvalue weighted by atomic mass is 16.5. The molecule has 94 valence electrons. The van der Waals surface area contributed by atoms with E-state index in [9.17, 15) is 9.90 Å². The summed E-state index contributed by atoms with van der Waals surface area (Å²) in [6, 6.07) is 1.54. The van der Waals surface area contributed by atoms with E-state index in [-0.39, 0.29) is 19.0 Å². The van der Waals surface area contributed by atoms with Crippen molar-refractivity contribution < 1.29 is 19.7 Å². The van der Waals surface area contributed by atoms with E-state index >= 15 is 0 Å². The van der Waals surface area contributed by atoms with Crippen LogP contribution in [0.25, 0.3) is 0 Å². The predicted molar refractivity (Wildman–Crippen MR) is 59.6 cm³/mol. The Hall–Kier alpha value is -1.73. The minimum absolute atomic E-state index is 0.0684. The number of nitrogens with one attached hydrogen (secondary N) is 1. The minimum Gasteiger partial charge on any atom is -0.463 e. The van der Waals surface area contributed by atoms with Gasteiger partial charge in [-0.25, -0.2) is 14.8 Å². The largest absolute Gasteiger partial charge is 0.463 e. The second-order valence-electron chi connectivity index (χ2n) is 3.77. The van der Waals surface area contributed by atoms with Crippen LogP contribution in [-0.4, -0.2) is 52.0 Å². The maximum atomic E-state index is 11.2. The Kier molecular flexibility index (Phi) is 4.36. The molecule has 1 aromatic heterocycles. The van der Waals surface area contributed by atoms with Crippen LogP contribution in [0.1, 0.15) is 17.5 Å². The highest BCUT2D eigenvalue weighted by Gasteiger charge is 2.19.